The Bertz CT molecular complexity index is 1270. The van der Waals surface area contributed by atoms with Gasteiger partial charge in [0.15, 0.2) is 11.5 Å². The molecule has 9 heteroatoms. The molecule has 0 spiro atoms. The number of likely N-dealkylation sites (tertiary alicyclic amines) is 1. The average molecular weight is 531 g/mol. The normalized spacial score (nSPS) is 21.8. The lowest BCUT2D eigenvalue weighted by molar-refractivity contribution is -0.138. The molecule has 2 aliphatic rings. The lowest BCUT2D eigenvalue weighted by atomic mass is 9.78. The first-order chi connectivity index (χ1) is 18.2. The molecule has 0 bridgehead atoms. The summed E-state index contributed by atoms with van der Waals surface area (Å²) in [6.07, 6.45) is -0.810. The van der Waals surface area contributed by atoms with E-state index in [1.165, 1.54) is 6.07 Å². The summed E-state index contributed by atoms with van der Waals surface area (Å²) in [5, 5.41) is 3.42. The van der Waals surface area contributed by atoms with Gasteiger partial charge in [0.25, 0.3) is 0 Å². The molecule has 0 saturated carbocycles. The fraction of sp³-hybridized carbons (Fsp3) is 0.552. The lowest BCUT2D eigenvalue weighted by Crippen LogP contribution is -2.53. The first kappa shape index (κ1) is 26.8. The van der Waals surface area contributed by atoms with Crippen LogP contribution in [-0.4, -0.2) is 60.8 Å². The second kappa shape index (κ2) is 10.8. The van der Waals surface area contributed by atoms with Crippen molar-refractivity contribution < 1.29 is 22.6 Å². The SMILES string of the molecule is COc1ccc(-c2nc3cc(C4CCN(C5CCNCC5)[C@@H](C(C)C)C4)c(C(F)(F)F)cc3[nH]2)cc1OC. The summed E-state index contributed by atoms with van der Waals surface area (Å²) in [4.78, 5) is 10.4. The largest absolute Gasteiger partial charge is 0.493 e. The molecule has 0 amide bonds. The lowest BCUT2D eigenvalue weighted by Gasteiger charge is -2.47. The zero-order valence-corrected chi connectivity index (χ0v) is 22.5. The van der Waals surface area contributed by atoms with Crippen LogP contribution in [0.1, 0.15) is 56.6 Å². The summed E-state index contributed by atoms with van der Waals surface area (Å²) < 4.78 is 53.9. The number of benzene rings is 2. The number of fused-ring (bicyclic) bond motifs is 1. The Morgan fingerprint density at radius 3 is 2.39 bits per heavy atom. The molecule has 1 unspecified atom stereocenters. The van der Waals surface area contributed by atoms with Gasteiger partial charge in [-0.05, 0) is 93.0 Å². The van der Waals surface area contributed by atoms with Crippen LogP contribution < -0.4 is 14.8 Å². The summed E-state index contributed by atoms with van der Waals surface area (Å²) >= 11 is 0. The molecule has 5 rings (SSSR count). The molecule has 6 nitrogen and oxygen atoms in total. The third-order valence-corrected chi connectivity index (χ3v) is 8.29. The molecule has 0 aliphatic carbocycles. The smallest absolute Gasteiger partial charge is 0.416 e. The highest BCUT2D eigenvalue weighted by Crippen LogP contribution is 2.44. The van der Waals surface area contributed by atoms with Gasteiger partial charge in [-0.1, -0.05) is 13.8 Å². The molecule has 2 atom stereocenters. The third-order valence-electron chi connectivity index (χ3n) is 8.29. The number of aromatic nitrogens is 2. The minimum absolute atomic E-state index is 0.164. The molecule has 2 fully saturated rings. The molecule has 2 aromatic carbocycles. The standard InChI is InChI=1S/C29H37F3N4O2/c1-17(2)25-13-18(9-12-36(25)20-7-10-33-11-8-20)21-15-23-24(16-22(21)29(30,31)32)35-28(34-23)19-5-6-26(37-3)27(14-19)38-4/h5-6,14-18,20,25,33H,7-13H2,1-4H3,(H,34,35)/t18?,25-/m1/s1. The van der Waals surface area contributed by atoms with Crippen molar-refractivity contribution in [3.8, 4) is 22.9 Å². The minimum Gasteiger partial charge on any atom is -0.493 e. The number of alkyl halides is 3. The second-order valence-corrected chi connectivity index (χ2v) is 10.9. The van der Waals surface area contributed by atoms with Crippen molar-refractivity contribution in [2.24, 2.45) is 5.92 Å². The summed E-state index contributed by atoms with van der Waals surface area (Å²) in [6.45, 7) is 7.22. The minimum atomic E-state index is -4.45. The van der Waals surface area contributed by atoms with E-state index in [0.29, 0.717) is 57.9 Å². The quantitative estimate of drug-likeness (QED) is 0.396. The maximum absolute atomic E-state index is 14.4. The molecule has 3 heterocycles. The number of hydrogen-bond donors (Lipinski definition) is 2. The third kappa shape index (κ3) is 5.23. The van der Waals surface area contributed by atoms with Crippen LogP contribution in [0, 0.1) is 5.92 Å². The van der Waals surface area contributed by atoms with E-state index in [0.717, 1.165) is 38.9 Å². The van der Waals surface area contributed by atoms with Crippen LogP contribution in [0.3, 0.4) is 0 Å². The molecule has 0 radical (unpaired) electrons. The zero-order valence-electron chi connectivity index (χ0n) is 22.5. The number of halogens is 3. The number of ether oxygens (including phenoxy) is 2. The van der Waals surface area contributed by atoms with Gasteiger partial charge in [0.2, 0.25) is 0 Å². The van der Waals surface area contributed by atoms with Crippen molar-refractivity contribution in [1.29, 1.82) is 0 Å². The van der Waals surface area contributed by atoms with Crippen LogP contribution in [0.5, 0.6) is 11.5 Å². The first-order valence-electron chi connectivity index (χ1n) is 13.5. The van der Waals surface area contributed by atoms with Crippen LogP contribution in [0.2, 0.25) is 0 Å². The van der Waals surface area contributed by atoms with E-state index in [4.69, 9.17) is 14.5 Å². The van der Waals surface area contributed by atoms with E-state index in [1.807, 2.05) is 6.07 Å². The van der Waals surface area contributed by atoms with E-state index < -0.39 is 11.7 Å². The number of hydrogen-bond acceptors (Lipinski definition) is 5. The van der Waals surface area contributed by atoms with Gasteiger partial charge in [-0.25, -0.2) is 4.98 Å². The first-order valence-corrected chi connectivity index (χ1v) is 13.5. The van der Waals surface area contributed by atoms with Crippen molar-refractivity contribution in [2.45, 2.75) is 63.7 Å². The highest BCUT2D eigenvalue weighted by molar-refractivity contribution is 5.82. The molecule has 3 aromatic rings. The Hall–Kier alpha value is -2.78. The average Bonchev–Trinajstić information content (AvgIpc) is 3.35. The summed E-state index contributed by atoms with van der Waals surface area (Å²) in [5.41, 5.74) is 1.43. The number of piperidine rings is 2. The Kier molecular flexibility index (Phi) is 7.60. The highest BCUT2D eigenvalue weighted by Gasteiger charge is 2.40. The molecule has 2 N–H and O–H groups in total. The van der Waals surface area contributed by atoms with Crippen LogP contribution >= 0.6 is 0 Å². The van der Waals surface area contributed by atoms with Crippen LogP contribution in [-0.2, 0) is 6.18 Å². The van der Waals surface area contributed by atoms with Crippen molar-refractivity contribution >= 4 is 11.0 Å². The summed E-state index contributed by atoms with van der Waals surface area (Å²) in [5.74, 6) is 1.80. The Morgan fingerprint density at radius 2 is 1.74 bits per heavy atom. The maximum Gasteiger partial charge on any atom is 0.416 e. The fourth-order valence-corrected chi connectivity index (χ4v) is 6.32. The van der Waals surface area contributed by atoms with Crippen molar-refractivity contribution in [2.75, 3.05) is 33.9 Å². The van der Waals surface area contributed by atoms with Gasteiger partial charge in [0.1, 0.15) is 5.82 Å². The zero-order chi connectivity index (χ0) is 27.0. The van der Waals surface area contributed by atoms with E-state index in [1.54, 1.807) is 32.4 Å². The Morgan fingerprint density at radius 1 is 1.00 bits per heavy atom. The van der Waals surface area contributed by atoms with Crippen LogP contribution in [0.15, 0.2) is 30.3 Å². The maximum atomic E-state index is 14.4. The summed E-state index contributed by atoms with van der Waals surface area (Å²) in [6, 6.07) is 9.02. The number of aromatic amines is 1. The predicted octanol–water partition coefficient (Wildman–Crippen LogP) is 6.22. The van der Waals surface area contributed by atoms with Gasteiger partial charge < -0.3 is 19.8 Å². The number of nitrogens with zero attached hydrogens (tertiary/aromatic N) is 2. The number of rotatable bonds is 6. The van der Waals surface area contributed by atoms with Crippen LogP contribution in [0.25, 0.3) is 22.4 Å². The molecule has 2 saturated heterocycles. The van der Waals surface area contributed by atoms with Gasteiger partial charge in [0.05, 0.1) is 30.8 Å². The van der Waals surface area contributed by atoms with E-state index in [-0.39, 0.29) is 12.0 Å². The predicted molar refractivity (Wildman–Crippen MR) is 143 cm³/mol. The topological polar surface area (TPSA) is 62.4 Å². The van der Waals surface area contributed by atoms with Gasteiger partial charge in [-0.3, -0.25) is 4.90 Å². The van der Waals surface area contributed by atoms with Crippen LogP contribution in [0.4, 0.5) is 13.2 Å². The molecular weight excluding hydrogens is 493 g/mol. The monoisotopic (exact) mass is 530 g/mol. The second-order valence-electron chi connectivity index (χ2n) is 10.9. The van der Waals surface area contributed by atoms with Gasteiger partial charge >= 0.3 is 6.18 Å². The highest BCUT2D eigenvalue weighted by atomic mass is 19.4. The summed E-state index contributed by atoms with van der Waals surface area (Å²) in [7, 11) is 3.10. The van der Waals surface area contributed by atoms with Gasteiger partial charge in [-0.15, -0.1) is 0 Å². The molecular formula is C29H37F3N4O2. The molecule has 38 heavy (non-hydrogen) atoms. The van der Waals surface area contributed by atoms with Gasteiger partial charge in [-0.2, -0.15) is 13.2 Å². The van der Waals surface area contributed by atoms with Crippen molar-refractivity contribution in [3.05, 3.63) is 41.5 Å². The van der Waals surface area contributed by atoms with Crippen molar-refractivity contribution in [1.82, 2.24) is 20.2 Å². The Labute approximate surface area is 221 Å². The van der Waals surface area contributed by atoms with E-state index in [9.17, 15) is 13.2 Å². The van der Waals surface area contributed by atoms with Crippen molar-refractivity contribution in [3.63, 3.8) is 0 Å². The number of nitrogens with one attached hydrogen (secondary N) is 2. The molecule has 1 aromatic heterocycles. The fourth-order valence-electron chi connectivity index (χ4n) is 6.32. The van der Waals surface area contributed by atoms with Gasteiger partial charge in [0, 0.05) is 17.6 Å². The molecule has 2 aliphatic heterocycles. The van der Waals surface area contributed by atoms with E-state index >= 15 is 0 Å². The number of methoxy groups -OCH3 is 2. The number of imidazole rings is 1. The Balaban J connectivity index is 1.50. The van der Waals surface area contributed by atoms with E-state index in [2.05, 4.69) is 29.0 Å². The number of H-pyrrole nitrogens is 1. The molecule has 206 valence electrons.